The van der Waals surface area contributed by atoms with Crippen LogP contribution in [0.2, 0.25) is 0 Å². The van der Waals surface area contributed by atoms with Gasteiger partial charge in [0.1, 0.15) is 0 Å². The lowest BCUT2D eigenvalue weighted by Gasteiger charge is -2.22. The van der Waals surface area contributed by atoms with Crippen molar-refractivity contribution in [2.45, 2.75) is 44.0 Å². The molecule has 20 heavy (non-hydrogen) atoms. The first-order chi connectivity index (χ1) is 9.32. The highest BCUT2D eigenvalue weighted by atomic mass is 32.2. The van der Waals surface area contributed by atoms with Gasteiger partial charge in [0.15, 0.2) is 0 Å². The zero-order valence-electron chi connectivity index (χ0n) is 11.8. The average molecular weight is 312 g/mol. The van der Waals surface area contributed by atoms with E-state index in [0.29, 0.717) is 22.8 Å². The second kappa shape index (κ2) is 5.79. The van der Waals surface area contributed by atoms with Crippen molar-refractivity contribution in [2.24, 2.45) is 5.73 Å². The van der Waals surface area contributed by atoms with E-state index < -0.39 is 10.0 Å². The summed E-state index contributed by atoms with van der Waals surface area (Å²) in [5, 5.41) is 0. The highest BCUT2D eigenvalue weighted by Crippen LogP contribution is 2.32. The van der Waals surface area contributed by atoms with E-state index >= 15 is 0 Å². The van der Waals surface area contributed by atoms with Gasteiger partial charge in [-0.1, -0.05) is 18.3 Å². The second-order valence-corrected chi connectivity index (χ2v) is 7.72. The van der Waals surface area contributed by atoms with Crippen LogP contribution in [0.1, 0.15) is 30.4 Å². The molecule has 0 saturated heterocycles. The predicted molar refractivity (Wildman–Crippen MR) is 84.2 cm³/mol. The summed E-state index contributed by atoms with van der Waals surface area (Å²) in [6.45, 7) is 4.26. The standard InChI is InChI=1S/C14H20N2O2S2/c1-10-3-6-13(9-11(10)2)20(17,18)16(12-4-5-12)8-7-14(15)19/h3,6,9,12H,4-5,7-8H2,1-2H3,(H2,15,19). The summed E-state index contributed by atoms with van der Waals surface area (Å²) in [6.07, 6.45) is 2.26. The van der Waals surface area contributed by atoms with E-state index in [2.05, 4.69) is 0 Å². The molecule has 1 aromatic rings. The molecule has 0 spiro atoms. The van der Waals surface area contributed by atoms with E-state index in [1.165, 1.54) is 0 Å². The fraction of sp³-hybridized carbons (Fsp3) is 0.500. The van der Waals surface area contributed by atoms with Crippen LogP contribution >= 0.6 is 12.2 Å². The maximum absolute atomic E-state index is 12.7. The monoisotopic (exact) mass is 312 g/mol. The Bertz CT molecular complexity index is 622. The molecule has 2 rings (SSSR count). The highest BCUT2D eigenvalue weighted by molar-refractivity contribution is 7.89. The summed E-state index contributed by atoms with van der Waals surface area (Å²) >= 11 is 4.85. The normalized spacial score (nSPS) is 15.6. The van der Waals surface area contributed by atoms with E-state index in [4.69, 9.17) is 18.0 Å². The van der Waals surface area contributed by atoms with Gasteiger partial charge in [0, 0.05) is 19.0 Å². The Hall–Kier alpha value is -0.980. The van der Waals surface area contributed by atoms with Crippen molar-refractivity contribution in [1.29, 1.82) is 0 Å². The van der Waals surface area contributed by atoms with E-state index in [9.17, 15) is 8.42 Å². The third-order valence-electron chi connectivity index (χ3n) is 3.62. The number of sulfonamides is 1. The van der Waals surface area contributed by atoms with Crippen LogP contribution in [-0.4, -0.2) is 30.3 Å². The number of thiocarbonyl (C=S) groups is 1. The third kappa shape index (κ3) is 3.37. The minimum atomic E-state index is -3.45. The van der Waals surface area contributed by atoms with Gasteiger partial charge in [-0.25, -0.2) is 8.42 Å². The lowest BCUT2D eigenvalue weighted by Crippen LogP contribution is -2.35. The Labute approximate surface area is 126 Å². The molecule has 1 aromatic carbocycles. The zero-order valence-corrected chi connectivity index (χ0v) is 13.4. The lowest BCUT2D eigenvalue weighted by molar-refractivity contribution is 0.413. The Kier molecular flexibility index (Phi) is 4.46. The SMILES string of the molecule is Cc1ccc(S(=O)(=O)N(CCC(N)=S)C2CC2)cc1C. The summed E-state index contributed by atoms with van der Waals surface area (Å²) in [4.78, 5) is 0.710. The minimum absolute atomic E-state index is 0.107. The summed E-state index contributed by atoms with van der Waals surface area (Å²) in [6, 6.07) is 5.37. The number of hydrogen-bond donors (Lipinski definition) is 1. The largest absolute Gasteiger partial charge is 0.393 e. The fourth-order valence-corrected chi connectivity index (χ4v) is 3.95. The first kappa shape index (κ1) is 15.4. The molecule has 1 saturated carbocycles. The number of aryl methyl sites for hydroxylation is 2. The second-order valence-electron chi connectivity index (χ2n) is 5.31. The van der Waals surface area contributed by atoms with Gasteiger partial charge in [0.25, 0.3) is 0 Å². The molecule has 1 aliphatic carbocycles. The van der Waals surface area contributed by atoms with E-state index in [0.717, 1.165) is 24.0 Å². The molecule has 110 valence electrons. The van der Waals surface area contributed by atoms with Crippen LogP contribution in [0.3, 0.4) is 0 Å². The predicted octanol–water partition coefficient (Wildman–Crippen LogP) is 2.13. The molecule has 0 unspecified atom stereocenters. The first-order valence-corrected chi connectivity index (χ1v) is 8.54. The summed E-state index contributed by atoms with van der Waals surface area (Å²) in [5.74, 6) is 0. The number of hydrogen-bond acceptors (Lipinski definition) is 3. The molecular weight excluding hydrogens is 292 g/mol. The minimum Gasteiger partial charge on any atom is -0.393 e. The third-order valence-corrected chi connectivity index (χ3v) is 5.77. The fourth-order valence-electron chi connectivity index (χ4n) is 2.09. The number of benzene rings is 1. The maximum Gasteiger partial charge on any atom is 0.243 e. The number of nitrogens with two attached hydrogens (primary N) is 1. The van der Waals surface area contributed by atoms with Gasteiger partial charge in [0.2, 0.25) is 10.0 Å². The Morgan fingerprint density at radius 1 is 1.35 bits per heavy atom. The van der Waals surface area contributed by atoms with E-state index in [-0.39, 0.29) is 6.04 Å². The smallest absolute Gasteiger partial charge is 0.243 e. The van der Waals surface area contributed by atoms with Crippen molar-refractivity contribution < 1.29 is 8.42 Å². The molecule has 1 aliphatic rings. The molecule has 0 atom stereocenters. The maximum atomic E-state index is 12.7. The van der Waals surface area contributed by atoms with Crippen molar-refractivity contribution in [3.05, 3.63) is 29.3 Å². The van der Waals surface area contributed by atoms with Crippen molar-refractivity contribution in [3.8, 4) is 0 Å². The zero-order chi connectivity index (χ0) is 14.9. The van der Waals surface area contributed by atoms with Crippen LogP contribution in [0.25, 0.3) is 0 Å². The molecular formula is C14H20N2O2S2. The topological polar surface area (TPSA) is 63.4 Å². The molecule has 4 nitrogen and oxygen atoms in total. The Morgan fingerprint density at radius 2 is 2.00 bits per heavy atom. The average Bonchev–Trinajstić information content (AvgIpc) is 3.16. The number of rotatable bonds is 6. The highest BCUT2D eigenvalue weighted by Gasteiger charge is 2.37. The Balaban J connectivity index is 2.29. The molecule has 0 bridgehead atoms. The van der Waals surface area contributed by atoms with Crippen molar-refractivity contribution in [2.75, 3.05) is 6.54 Å². The number of nitrogens with zero attached hydrogens (tertiary/aromatic N) is 1. The van der Waals surface area contributed by atoms with Gasteiger partial charge in [-0.15, -0.1) is 0 Å². The van der Waals surface area contributed by atoms with Crippen LogP contribution in [0.4, 0.5) is 0 Å². The van der Waals surface area contributed by atoms with Crippen LogP contribution in [0, 0.1) is 13.8 Å². The summed E-state index contributed by atoms with van der Waals surface area (Å²) < 4.78 is 27.0. The van der Waals surface area contributed by atoms with Gasteiger partial charge in [-0.05, 0) is 49.9 Å². The summed E-state index contributed by atoms with van der Waals surface area (Å²) in [7, 11) is -3.45. The van der Waals surface area contributed by atoms with Crippen molar-refractivity contribution in [1.82, 2.24) is 4.31 Å². The quantitative estimate of drug-likeness (QED) is 0.817. The van der Waals surface area contributed by atoms with Gasteiger partial charge in [-0.3, -0.25) is 0 Å². The van der Waals surface area contributed by atoms with E-state index in [1.807, 2.05) is 19.9 Å². The molecule has 1 fully saturated rings. The molecule has 6 heteroatoms. The van der Waals surface area contributed by atoms with Gasteiger partial charge >= 0.3 is 0 Å². The molecule has 0 radical (unpaired) electrons. The van der Waals surface area contributed by atoms with Crippen LogP contribution in [0.15, 0.2) is 23.1 Å². The molecule has 0 heterocycles. The van der Waals surface area contributed by atoms with Crippen LogP contribution < -0.4 is 5.73 Å². The van der Waals surface area contributed by atoms with E-state index in [1.54, 1.807) is 16.4 Å². The van der Waals surface area contributed by atoms with Gasteiger partial charge in [0.05, 0.1) is 9.88 Å². The summed E-state index contributed by atoms with van der Waals surface area (Å²) in [5.41, 5.74) is 7.57. The Morgan fingerprint density at radius 3 is 2.50 bits per heavy atom. The van der Waals surface area contributed by atoms with Crippen LogP contribution in [-0.2, 0) is 10.0 Å². The van der Waals surface area contributed by atoms with Crippen molar-refractivity contribution in [3.63, 3.8) is 0 Å². The van der Waals surface area contributed by atoms with Crippen molar-refractivity contribution >= 4 is 27.2 Å². The molecule has 0 amide bonds. The first-order valence-electron chi connectivity index (χ1n) is 6.70. The molecule has 2 N–H and O–H groups in total. The lowest BCUT2D eigenvalue weighted by atomic mass is 10.1. The molecule has 0 aromatic heterocycles. The van der Waals surface area contributed by atoms with Crippen LogP contribution in [0.5, 0.6) is 0 Å². The van der Waals surface area contributed by atoms with Gasteiger partial charge < -0.3 is 5.73 Å². The van der Waals surface area contributed by atoms with Gasteiger partial charge in [-0.2, -0.15) is 4.31 Å². The molecule has 0 aliphatic heterocycles.